The summed E-state index contributed by atoms with van der Waals surface area (Å²) in [4.78, 5) is 11.5. The molecule has 6 heteroatoms. The molecule has 118 valence electrons. The monoisotopic (exact) mass is 322 g/mol. The summed E-state index contributed by atoms with van der Waals surface area (Å²) in [7, 11) is 1.59. The number of benzene rings is 2. The van der Waals surface area contributed by atoms with Crippen LogP contribution in [0.2, 0.25) is 0 Å². The molecule has 0 heterocycles. The van der Waals surface area contributed by atoms with Gasteiger partial charge in [0.1, 0.15) is 5.75 Å². The summed E-state index contributed by atoms with van der Waals surface area (Å²) in [5.41, 5.74) is 6.17. The first-order chi connectivity index (χ1) is 10.1. The standard InChI is InChI=1S/C16H18N2O3.ClH/c1-11(17)16(19)18-12-7-9-13(10-8-12)21-15-6-4-3-5-14(15)20-2;/h3-11H,17H2,1-2H3,(H,18,19);1H. The summed E-state index contributed by atoms with van der Waals surface area (Å²) in [6.07, 6.45) is 0. The van der Waals surface area contributed by atoms with Gasteiger partial charge in [0.25, 0.3) is 0 Å². The summed E-state index contributed by atoms with van der Waals surface area (Å²) in [6, 6.07) is 13.9. The summed E-state index contributed by atoms with van der Waals surface area (Å²) in [5, 5.41) is 2.71. The molecule has 5 nitrogen and oxygen atoms in total. The molecule has 2 rings (SSSR count). The molecular formula is C16H19ClN2O3. The Hall–Kier alpha value is -2.24. The average molecular weight is 323 g/mol. The van der Waals surface area contributed by atoms with E-state index in [4.69, 9.17) is 15.2 Å². The largest absolute Gasteiger partial charge is 0.493 e. The lowest BCUT2D eigenvalue weighted by molar-refractivity contribution is -0.117. The second-order valence-electron chi connectivity index (χ2n) is 4.56. The number of halogens is 1. The normalized spacial score (nSPS) is 11.0. The van der Waals surface area contributed by atoms with Gasteiger partial charge in [0, 0.05) is 5.69 Å². The minimum Gasteiger partial charge on any atom is -0.493 e. The Balaban J connectivity index is 0.00000242. The van der Waals surface area contributed by atoms with Crippen LogP contribution in [0, 0.1) is 0 Å². The van der Waals surface area contributed by atoms with Crippen LogP contribution in [0.1, 0.15) is 6.92 Å². The molecule has 0 bridgehead atoms. The Morgan fingerprint density at radius 3 is 2.23 bits per heavy atom. The number of hydrogen-bond donors (Lipinski definition) is 2. The van der Waals surface area contributed by atoms with Crippen molar-refractivity contribution >= 4 is 24.0 Å². The maximum Gasteiger partial charge on any atom is 0.240 e. The minimum absolute atomic E-state index is 0. The van der Waals surface area contributed by atoms with E-state index in [2.05, 4.69) is 5.32 Å². The Labute approximate surface area is 135 Å². The first-order valence-corrected chi connectivity index (χ1v) is 6.57. The number of hydrogen-bond acceptors (Lipinski definition) is 4. The van der Waals surface area contributed by atoms with Crippen LogP contribution in [0.3, 0.4) is 0 Å². The zero-order valence-corrected chi connectivity index (χ0v) is 13.2. The molecule has 1 amide bonds. The van der Waals surface area contributed by atoms with Gasteiger partial charge in [-0.05, 0) is 43.3 Å². The van der Waals surface area contributed by atoms with E-state index in [9.17, 15) is 4.79 Å². The number of nitrogens with two attached hydrogens (primary N) is 1. The van der Waals surface area contributed by atoms with Crippen LogP contribution in [0.25, 0.3) is 0 Å². The average Bonchev–Trinajstić information content (AvgIpc) is 2.49. The highest BCUT2D eigenvalue weighted by molar-refractivity contribution is 5.94. The van der Waals surface area contributed by atoms with Gasteiger partial charge < -0.3 is 20.5 Å². The minimum atomic E-state index is -0.547. The number of nitrogens with one attached hydrogen (secondary N) is 1. The predicted molar refractivity (Wildman–Crippen MR) is 89.0 cm³/mol. The fraction of sp³-hybridized carbons (Fsp3) is 0.188. The van der Waals surface area contributed by atoms with Crippen molar-refractivity contribution in [1.82, 2.24) is 0 Å². The van der Waals surface area contributed by atoms with E-state index in [0.717, 1.165) is 0 Å². The predicted octanol–water partition coefficient (Wildman–Crippen LogP) is 3.20. The molecule has 0 saturated carbocycles. The topological polar surface area (TPSA) is 73.6 Å². The smallest absolute Gasteiger partial charge is 0.240 e. The molecule has 0 aliphatic rings. The molecule has 0 spiro atoms. The molecule has 22 heavy (non-hydrogen) atoms. The van der Waals surface area contributed by atoms with Gasteiger partial charge in [-0.2, -0.15) is 0 Å². The van der Waals surface area contributed by atoms with E-state index in [0.29, 0.717) is 22.9 Å². The number of carbonyl (C=O) groups excluding carboxylic acids is 1. The second-order valence-corrected chi connectivity index (χ2v) is 4.56. The molecule has 1 atom stereocenters. The fourth-order valence-corrected chi connectivity index (χ4v) is 1.69. The molecule has 0 saturated heterocycles. The van der Waals surface area contributed by atoms with E-state index in [1.807, 2.05) is 24.3 Å². The molecular weight excluding hydrogens is 304 g/mol. The van der Waals surface area contributed by atoms with Crippen LogP contribution in [0.5, 0.6) is 17.2 Å². The van der Waals surface area contributed by atoms with Crippen molar-refractivity contribution in [2.45, 2.75) is 13.0 Å². The third-order valence-corrected chi connectivity index (χ3v) is 2.83. The maximum absolute atomic E-state index is 11.5. The van der Waals surface area contributed by atoms with Crippen LogP contribution in [-0.4, -0.2) is 19.1 Å². The quantitative estimate of drug-likeness (QED) is 0.886. The molecule has 2 aromatic carbocycles. The van der Waals surface area contributed by atoms with Gasteiger partial charge in [-0.15, -0.1) is 12.4 Å². The Bertz CT molecular complexity index is 615. The highest BCUT2D eigenvalue weighted by Crippen LogP contribution is 2.31. The lowest BCUT2D eigenvalue weighted by Crippen LogP contribution is -2.32. The SMILES string of the molecule is COc1ccccc1Oc1ccc(NC(=O)C(C)N)cc1.Cl. The third kappa shape index (κ3) is 4.65. The van der Waals surface area contributed by atoms with Gasteiger partial charge in [-0.3, -0.25) is 4.79 Å². The first-order valence-electron chi connectivity index (χ1n) is 6.57. The summed E-state index contributed by atoms with van der Waals surface area (Å²) in [5.74, 6) is 1.71. The van der Waals surface area contributed by atoms with Crippen LogP contribution in [0.4, 0.5) is 5.69 Å². The highest BCUT2D eigenvalue weighted by atomic mass is 35.5. The van der Waals surface area contributed by atoms with Crippen molar-refractivity contribution in [2.75, 3.05) is 12.4 Å². The van der Waals surface area contributed by atoms with E-state index in [1.54, 1.807) is 38.3 Å². The summed E-state index contributed by atoms with van der Waals surface area (Å²) in [6.45, 7) is 1.63. The fourth-order valence-electron chi connectivity index (χ4n) is 1.69. The molecule has 2 aromatic rings. The second kappa shape index (κ2) is 8.26. The van der Waals surface area contributed by atoms with Gasteiger partial charge in [-0.25, -0.2) is 0 Å². The van der Waals surface area contributed by atoms with Crippen molar-refractivity contribution in [3.8, 4) is 17.2 Å². The highest BCUT2D eigenvalue weighted by Gasteiger charge is 2.08. The van der Waals surface area contributed by atoms with E-state index in [1.165, 1.54) is 0 Å². The Morgan fingerprint density at radius 1 is 1.09 bits per heavy atom. The number of anilines is 1. The van der Waals surface area contributed by atoms with Crippen LogP contribution < -0.4 is 20.5 Å². The molecule has 0 aliphatic carbocycles. The summed E-state index contributed by atoms with van der Waals surface area (Å²) < 4.78 is 11.0. The van der Waals surface area contributed by atoms with Crippen molar-refractivity contribution in [1.29, 1.82) is 0 Å². The Kier molecular flexibility index (Phi) is 6.69. The molecule has 0 aliphatic heterocycles. The van der Waals surface area contributed by atoms with Crippen molar-refractivity contribution in [3.63, 3.8) is 0 Å². The number of rotatable bonds is 5. The van der Waals surface area contributed by atoms with Crippen LogP contribution in [-0.2, 0) is 4.79 Å². The van der Waals surface area contributed by atoms with Gasteiger partial charge in [0.15, 0.2) is 11.5 Å². The van der Waals surface area contributed by atoms with Crippen LogP contribution in [0.15, 0.2) is 48.5 Å². The van der Waals surface area contributed by atoms with Gasteiger partial charge >= 0.3 is 0 Å². The van der Waals surface area contributed by atoms with Crippen molar-refractivity contribution in [2.24, 2.45) is 5.73 Å². The lowest BCUT2D eigenvalue weighted by atomic mass is 10.2. The van der Waals surface area contributed by atoms with E-state index in [-0.39, 0.29) is 18.3 Å². The van der Waals surface area contributed by atoms with Gasteiger partial charge in [0.2, 0.25) is 5.91 Å². The molecule has 0 aromatic heterocycles. The zero-order valence-electron chi connectivity index (χ0n) is 12.4. The Morgan fingerprint density at radius 2 is 1.68 bits per heavy atom. The molecule has 0 radical (unpaired) electrons. The lowest BCUT2D eigenvalue weighted by Gasteiger charge is -2.11. The molecule has 0 fully saturated rings. The van der Waals surface area contributed by atoms with Crippen LogP contribution >= 0.6 is 12.4 Å². The first kappa shape index (κ1) is 17.8. The number of ether oxygens (including phenoxy) is 2. The number of carbonyl (C=O) groups is 1. The van der Waals surface area contributed by atoms with Crippen molar-refractivity contribution < 1.29 is 14.3 Å². The molecule has 1 unspecified atom stereocenters. The van der Waals surface area contributed by atoms with Gasteiger partial charge in [-0.1, -0.05) is 12.1 Å². The van der Waals surface area contributed by atoms with E-state index < -0.39 is 6.04 Å². The number of para-hydroxylation sites is 2. The summed E-state index contributed by atoms with van der Waals surface area (Å²) >= 11 is 0. The number of amides is 1. The van der Waals surface area contributed by atoms with E-state index >= 15 is 0 Å². The molecule has 3 N–H and O–H groups in total. The van der Waals surface area contributed by atoms with Crippen molar-refractivity contribution in [3.05, 3.63) is 48.5 Å². The maximum atomic E-state index is 11.5. The number of methoxy groups -OCH3 is 1. The van der Waals surface area contributed by atoms with Gasteiger partial charge in [0.05, 0.1) is 13.2 Å². The zero-order chi connectivity index (χ0) is 15.2. The third-order valence-electron chi connectivity index (χ3n) is 2.83.